The van der Waals surface area contributed by atoms with Gasteiger partial charge < -0.3 is 15.0 Å². The van der Waals surface area contributed by atoms with Gasteiger partial charge in [-0.15, -0.1) is 0 Å². The molecule has 0 saturated carbocycles. The highest BCUT2D eigenvalue weighted by atomic mass is 79.9. The molecule has 0 heterocycles. The molecule has 0 aliphatic heterocycles. The van der Waals surface area contributed by atoms with Gasteiger partial charge in [0.2, 0.25) is 5.91 Å². The normalized spacial score (nSPS) is 9.86. The molecular formula is C14H17BrN2O4. The molecule has 0 aliphatic carbocycles. The molecule has 1 aromatic carbocycles. The van der Waals surface area contributed by atoms with Crippen LogP contribution >= 0.6 is 15.9 Å². The van der Waals surface area contributed by atoms with Crippen LogP contribution in [-0.4, -0.2) is 49.4 Å². The summed E-state index contributed by atoms with van der Waals surface area (Å²) in [7, 11) is 1.48. The maximum Gasteiger partial charge on any atom is 0.325 e. The van der Waals surface area contributed by atoms with E-state index in [0.717, 1.165) is 4.47 Å². The highest BCUT2D eigenvalue weighted by molar-refractivity contribution is 9.10. The molecule has 6 nitrogen and oxygen atoms in total. The summed E-state index contributed by atoms with van der Waals surface area (Å²) in [4.78, 5) is 36.0. The van der Waals surface area contributed by atoms with Crippen molar-refractivity contribution in [2.24, 2.45) is 0 Å². The quantitative estimate of drug-likeness (QED) is 0.777. The molecule has 0 bridgehead atoms. The van der Waals surface area contributed by atoms with Crippen molar-refractivity contribution in [3.63, 3.8) is 0 Å². The third-order valence-corrected chi connectivity index (χ3v) is 3.13. The van der Waals surface area contributed by atoms with Crippen LogP contribution in [0.4, 0.5) is 0 Å². The highest BCUT2D eigenvalue weighted by Gasteiger charge is 2.14. The lowest BCUT2D eigenvalue weighted by Gasteiger charge is -2.16. The summed E-state index contributed by atoms with van der Waals surface area (Å²) in [5.74, 6) is -1.19. The SMILES string of the molecule is CCOC(=O)CN(C)C(=O)CNC(=O)c1ccc(Br)cc1. The Labute approximate surface area is 131 Å². The van der Waals surface area contributed by atoms with Crippen molar-refractivity contribution in [1.29, 1.82) is 0 Å². The van der Waals surface area contributed by atoms with E-state index in [-0.39, 0.29) is 31.5 Å². The predicted octanol–water partition coefficient (Wildman–Crippen LogP) is 1.20. The van der Waals surface area contributed by atoms with Gasteiger partial charge in [-0.05, 0) is 31.2 Å². The molecule has 2 amide bonds. The molecule has 0 aromatic heterocycles. The van der Waals surface area contributed by atoms with Gasteiger partial charge in [0.1, 0.15) is 6.54 Å². The van der Waals surface area contributed by atoms with E-state index in [4.69, 9.17) is 4.74 Å². The van der Waals surface area contributed by atoms with E-state index in [1.807, 2.05) is 0 Å². The molecule has 0 spiro atoms. The van der Waals surface area contributed by atoms with Gasteiger partial charge in [0.25, 0.3) is 5.91 Å². The highest BCUT2D eigenvalue weighted by Crippen LogP contribution is 2.10. The van der Waals surface area contributed by atoms with E-state index in [1.54, 1.807) is 31.2 Å². The van der Waals surface area contributed by atoms with E-state index in [0.29, 0.717) is 5.56 Å². The summed E-state index contributed by atoms with van der Waals surface area (Å²) in [5.41, 5.74) is 0.457. The second-order valence-electron chi connectivity index (χ2n) is 4.24. The predicted molar refractivity (Wildman–Crippen MR) is 80.7 cm³/mol. The van der Waals surface area contributed by atoms with Gasteiger partial charge >= 0.3 is 5.97 Å². The Morgan fingerprint density at radius 2 is 1.86 bits per heavy atom. The number of hydrogen-bond donors (Lipinski definition) is 1. The van der Waals surface area contributed by atoms with Gasteiger partial charge in [-0.2, -0.15) is 0 Å². The van der Waals surface area contributed by atoms with E-state index in [9.17, 15) is 14.4 Å². The summed E-state index contributed by atoms with van der Waals surface area (Å²) in [6.07, 6.45) is 0. The maximum absolute atomic E-state index is 11.8. The second kappa shape index (κ2) is 8.41. The minimum atomic E-state index is -0.479. The summed E-state index contributed by atoms with van der Waals surface area (Å²) in [6, 6.07) is 6.77. The molecule has 0 fully saturated rings. The largest absolute Gasteiger partial charge is 0.465 e. The van der Waals surface area contributed by atoms with Crippen LogP contribution < -0.4 is 5.32 Å². The van der Waals surface area contributed by atoms with Gasteiger partial charge in [-0.3, -0.25) is 14.4 Å². The lowest BCUT2D eigenvalue weighted by molar-refractivity contribution is -0.147. The summed E-state index contributed by atoms with van der Waals surface area (Å²) < 4.78 is 5.61. The smallest absolute Gasteiger partial charge is 0.325 e. The number of nitrogens with zero attached hydrogens (tertiary/aromatic N) is 1. The number of esters is 1. The molecule has 1 aromatic rings. The number of nitrogens with one attached hydrogen (secondary N) is 1. The van der Waals surface area contributed by atoms with E-state index in [1.165, 1.54) is 11.9 Å². The molecule has 1 rings (SSSR count). The van der Waals surface area contributed by atoms with Crippen LogP contribution in [0.2, 0.25) is 0 Å². The number of carbonyl (C=O) groups is 3. The van der Waals surface area contributed by atoms with Gasteiger partial charge in [-0.25, -0.2) is 0 Å². The van der Waals surface area contributed by atoms with Crippen molar-refractivity contribution in [3.8, 4) is 0 Å². The van der Waals surface area contributed by atoms with Crippen LogP contribution in [0.5, 0.6) is 0 Å². The summed E-state index contributed by atoms with van der Waals surface area (Å²) in [5, 5.41) is 2.51. The third-order valence-electron chi connectivity index (χ3n) is 2.60. The Hall–Kier alpha value is -1.89. The Kier molecular flexibility index (Phi) is 6.87. The van der Waals surface area contributed by atoms with Gasteiger partial charge in [0.15, 0.2) is 0 Å². The monoisotopic (exact) mass is 356 g/mol. The number of likely N-dealkylation sites (N-methyl/N-ethyl adjacent to an activating group) is 1. The molecule has 21 heavy (non-hydrogen) atoms. The molecule has 1 N–H and O–H groups in total. The fourth-order valence-corrected chi connectivity index (χ4v) is 1.75. The van der Waals surface area contributed by atoms with Crippen LogP contribution in [-0.2, 0) is 14.3 Å². The molecule has 0 unspecified atom stereocenters. The Morgan fingerprint density at radius 1 is 1.24 bits per heavy atom. The first-order valence-electron chi connectivity index (χ1n) is 6.37. The number of amides is 2. The maximum atomic E-state index is 11.8. The Morgan fingerprint density at radius 3 is 2.43 bits per heavy atom. The number of hydrogen-bond acceptors (Lipinski definition) is 4. The average molecular weight is 357 g/mol. The average Bonchev–Trinajstić information content (AvgIpc) is 2.45. The van der Waals surface area contributed by atoms with Crippen molar-refractivity contribution in [2.75, 3.05) is 26.7 Å². The van der Waals surface area contributed by atoms with Crippen molar-refractivity contribution in [1.82, 2.24) is 10.2 Å². The molecule has 0 atom stereocenters. The van der Waals surface area contributed by atoms with Gasteiger partial charge in [-0.1, -0.05) is 15.9 Å². The number of rotatable bonds is 6. The lowest BCUT2D eigenvalue weighted by Crippen LogP contribution is -2.40. The Balaban J connectivity index is 2.43. The topological polar surface area (TPSA) is 75.7 Å². The van der Waals surface area contributed by atoms with Crippen LogP contribution in [0, 0.1) is 0 Å². The van der Waals surface area contributed by atoms with Crippen LogP contribution in [0.25, 0.3) is 0 Å². The van der Waals surface area contributed by atoms with E-state index >= 15 is 0 Å². The van der Waals surface area contributed by atoms with Gasteiger partial charge in [0.05, 0.1) is 13.2 Å². The first-order chi connectivity index (χ1) is 9.93. The zero-order valence-corrected chi connectivity index (χ0v) is 13.5. The molecular weight excluding hydrogens is 340 g/mol. The molecule has 114 valence electrons. The van der Waals surface area contributed by atoms with Crippen molar-refractivity contribution < 1.29 is 19.1 Å². The third kappa shape index (κ3) is 5.95. The summed E-state index contributed by atoms with van der Waals surface area (Å²) in [6.45, 7) is 1.64. The van der Waals surface area contributed by atoms with Gasteiger partial charge in [0, 0.05) is 17.1 Å². The molecule has 7 heteroatoms. The fourth-order valence-electron chi connectivity index (χ4n) is 1.48. The zero-order valence-electron chi connectivity index (χ0n) is 11.9. The van der Waals surface area contributed by atoms with E-state index in [2.05, 4.69) is 21.2 Å². The first kappa shape index (κ1) is 17.2. The van der Waals surface area contributed by atoms with Crippen LogP contribution in [0.3, 0.4) is 0 Å². The van der Waals surface area contributed by atoms with Crippen molar-refractivity contribution in [2.45, 2.75) is 6.92 Å². The van der Waals surface area contributed by atoms with Crippen LogP contribution in [0.15, 0.2) is 28.7 Å². The minimum absolute atomic E-state index is 0.138. The molecule has 0 aliphatic rings. The second-order valence-corrected chi connectivity index (χ2v) is 5.16. The summed E-state index contributed by atoms with van der Waals surface area (Å²) >= 11 is 3.28. The number of benzene rings is 1. The first-order valence-corrected chi connectivity index (χ1v) is 7.16. The molecule has 0 saturated heterocycles. The minimum Gasteiger partial charge on any atom is -0.465 e. The fraction of sp³-hybridized carbons (Fsp3) is 0.357. The Bertz CT molecular complexity index is 516. The lowest BCUT2D eigenvalue weighted by atomic mass is 10.2. The number of ether oxygens (including phenoxy) is 1. The van der Waals surface area contributed by atoms with Crippen molar-refractivity contribution >= 4 is 33.7 Å². The van der Waals surface area contributed by atoms with E-state index < -0.39 is 5.97 Å². The molecule has 0 radical (unpaired) electrons. The number of carbonyl (C=O) groups excluding carboxylic acids is 3. The standard InChI is InChI=1S/C14H17BrN2O4/c1-3-21-13(19)9-17(2)12(18)8-16-14(20)10-4-6-11(15)7-5-10/h4-7H,3,8-9H2,1-2H3,(H,16,20). The van der Waals surface area contributed by atoms with Crippen molar-refractivity contribution in [3.05, 3.63) is 34.3 Å². The zero-order chi connectivity index (χ0) is 15.8. The van der Waals surface area contributed by atoms with Crippen LogP contribution in [0.1, 0.15) is 17.3 Å². The number of halogens is 1.